The van der Waals surface area contributed by atoms with Crippen molar-refractivity contribution in [1.29, 1.82) is 0 Å². The van der Waals surface area contributed by atoms with Gasteiger partial charge in [-0.15, -0.1) is 11.3 Å². The summed E-state index contributed by atoms with van der Waals surface area (Å²) >= 11 is 4.79. The van der Waals surface area contributed by atoms with Crippen LogP contribution in [0.5, 0.6) is 0 Å². The Hall–Kier alpha value is -1.00. The predicted octanol–water partition coefficient (Wildman–Crippen LogP) is 4.64. The molecule has 0 saturated heterocycles. The molecule has 0 aliphatic rings. The third-order valence-corrected chi connectivity index (χ3v) is 4.35. The largest absolute Gasteiger partial charge is 0.294 e. The number of aryl methyl sites for hydroxylation is 1. The first-order chi connectivity index (χ1) is 8.60. The quantitative estimate of drug-likeness (QED) is 0.748. The summed E-state index contributed by atoms with van der Waals surface area (Å²) in [4.78, 5) is 14.2. The Morgan fingerprint density at radius 1 is 1.28 bits per heavy atom. The topological polar surface area (TPSA) is 17.1 Å². The summed E-state index contributed by atoms with van der Waals surface area (Å²) in [5, 5.41) is 0. The highest BCUT2D eigenvalue weighted by Gasteiger charge is 2.13. The molecule has 0 radical (unpaired) electrons. The van der Waals surface area contributed by atoms with E-state index in [4.69, 9.17) is 0 Å². The van der Waals surface area contributed by atoms with Gasteiger partial charge in [-0.1, -0.05) is 22.9 Å². The van der Waals surface area contributed by atoms with Crippen molar-refractivity contribution in [2.24, 2.45) is 0 Å². The lowest BCUT2D eigenvalue weighted by Crippen LogP contribution is -2.05. The van der Waals surface area contributed by atoms with E-state index < -0.39 is 5.82 Å². The van der Waals surface area contributed by atoms with Gasteiger partial charge in [0, 0.05) is 20.6 Å². The summed E-state index contributed by atoms with van der Waals surface area (Å²) in [6.07, 6.45) is 1.23. The Labute approximate surface area is 118 Å². The number of Topliss-reactive ketones (excluding diaryl/α,β-unsaturated/α-hetero) is 1. The minimum Gasteiger partial charge on any atom is -0.294 e. The van der Waals surface area contributed by atoms with E-state index in [1.54, 1.807) is 17.4 Å². The first-order valence-corrected chi connectivity index (χ1v) is 7.27. The summed E-state index contributed by atoms with van der Waals surface area (Å²) < 4.78 is 14.3. The van der Waals surface area contributed by atoms with Gasteiger partial charge in [0.25, 0.3) is 0 Å². The van der Waals surface area contributed by atoms with Crippen LogP contribution in [-0.4, -0.2) is 5.78 Å². The van der Waals surface area contributed by atoms with Gasteiger partial charge in [0.1, 0.15) is 5.82 Å². The lowest BCUT2D eigenvalue weighted by Gasteiger charge is -2.01. The van der Waals surface area contributed by atoms with E-state index in [0.29, 0.717) is 4.47 Å². The molecule has 1 nitrogen and oxygen atoms in total. The number of ketones is 1. The van der Waals surface area contributed by atoms with E-state index in [2.05, 4.69) is 22.9 Å². The zero-order valence-corrected chi connectivity index (χ0v) is 12.3. The standard InChI is InChI=1S/C14H12BrFOS/c1-2-10-4-5-11(18-10)8-14(17)12-6-3-9(15)7-13(12)16/h3-7H,2,8H2,1H3. The molecule has 0 aliphatic heterocycles. The fourth-order valence-electron chi connectivity index (χ4n) is 1.68. The van der Waals surface area contributed by atoms with Crippen molar-refractivity contribution in [3.63, 3.8) is 0 Å². The van der Waals surface area contributed by atoms with Crippen LogP contribution < -0.4 is 0 Å². The third-order valence-electron chi connectivity index (χ3n) is 2.63. The van der Waals surface area contributed by atoms with Crippen LogP contribution in [0.15, 0.2) is 34.8 Å². The first kappa shape index (κ1) is 13.4. The summed E-state index contributed by atoms with van der Waals surface area (Å²) in [5.74, 6) is -0.647. The minimum absolute atomic E-state index is 0.157. The summed E-state index contributed by atoms with van der Waals surface area (Å²) in [6.45, 7) is 2.08. The van der Waals surface area contributed by atoms with Crippen LogP contribution in [0, 0.1) is 5.82 Å². The highest BCUT2D eigenvalue weighted by molar-refractivity contribution is 9.10. The van der Waals surface area contributed by atoms with Gasteiger partial charge >= 0.3 is 0 Å². The minimum atomic E-state index is -0.471. The van der Waals surface area contributed by atoms with Crippen molar-refractivity contribution in [1.82, 2.24) is 0 Å². The SMILES string of the molecule is CCc1ccc(CC(=O)c2ccc(Br)cc2F)s1. The lowest BCUT2D eigenvalue weighted by molar-refractivity contribution is 0.0990. The molecule has 18 heavy (non-hydrogen) atoms. The summed E-state index contributed by atoms with van der Waals surface area (Å²) in [5.41, 5.74) is 0.157. The molecule has 1 aromatic heterocycles. The number of rotatable bonds is 4. The van der Waals surface area contributed by atoms with Crippen LogP contribution in [0.3, 0.4) is 0 Å². The molecule has 0 spiro atoms. The molecule has 2 rings (SSSR count). The number of hydrogen-bond acceptors (Lipinski definition) is 2. The normalized spacial score (nSPS) is 10.6. The second-order valence-corrected chi connectivity index (χ2v) is 6.11. The maximum Gasteiger partial charge on any atom is 0.170 e. The van der Waals surface area contributed by atoms with Crippen molar-refractivity contribution in [3.05, 3.63) is 55.9 Å². The number of halogens is 2. The van der Waals surface area contributed by atoms with Crippen LogP contribution in [0.4, 0.5) is 4.39 Å². The average Bonchev–Trinajstić information content (AvgIpc) is 2.76. The van der Waals surface area contributed by atoms with Gasteiger partial charge < -0.3 is 0 Å². The fraction of sp³-hybridized carbons (Fsp3) is 0.214. The van der Waals surface area contributed by atoms with Crippen molar-refractivity contribution in [3.8, 4) is 0 Å². The van der Waals surface area contributed by atoms with Crippen molar-refractivity contribution >= 4 is 33.0 Å². The third kappa shape index (κ3) is 3.06. The average molecular weight is 327 g/mol. The Morgan fingerprint density at radius 3 is 2.61 bits per heavy atom. The highest BCUT2D eigenvalue weighted by atomic mass is 79.9. The van der Waals surface area contributed by atoms with E-state index in [9.17, 15) is 9.18 Å². The molecule has 0 amide bonds. The van der Waals surface area contributed by atoms with Gasteiger partial charge in [0.2, 0.25) is 0 Å². The molecule has 2 aromatic rings. The fourth-order valence-corrected chi connectivity index (χ4v) is 2.97. The van der Waals surface area contributed by atoms with Gasteiger partial charge in [-0.2, -0.15) is 0 Å². The molecular weight excluding hydrogens is 315 g/mol. The Morgan fingerprint density at radius 2 is 2.00 bits per heavy atom. The van der Waals surface area contributed by atoms with Crippen LogP contribution >= 0.6 is 27.3 Å². The second-order valence-electron chi connectivity index (χ2n) is 3.95. The molecule has 1 aromatic carbocycles. The molecule has 0 aliphatic carbocycles. The first-order valence-electron chi connectivity index (χ1n) is 5.66. The van der Waals surface area contributed by atoms with Crippen LogP contribution in [0.1, 0.15) is 27.0 Å². The van der Waals surface area contributed by atoms with Crippen molar-refractivity contribution in [2.45, 2.75) is 19.8 Å². The molecule has 4 heteroatoms. The second kappa shape index (κ2) is 5.76. The van der Waals surface area contributed by atoms with Gasteiger partial charge in [0.15, 0.2) is 5.78 Å². The zero-order valence-electron chi connectivity index (χ0n) is 9.87. The molecule has 0 saturated carbocycles. The monoisotopic (exact) mass is 326 g/mol. The Bertz CT molecular complexity index is 577. The maximum atomic E-state index is 13.6. The van der Waals surface area contributed by atoms with Crippen LogP contribution in [0.25, 0.3) is 0 Å². The van der Waals surface area contributed by atoms with E-state index in [-0.39, 0.29) is 17.8 Å². The van der Waals surface area contributed by atoms with Crippen LogP contribution in [-0.2, 0) is 12.8 Å². The predicted molar refractivity (Wildman–Crippen MR) is 75.8 cm³/mol. The van der Waals surface area contributed by atoms with Crippen molar-refractivity contribution in [2.75, 3.05) is 0 Å². The molecule has 0 unspecified atom stereocenters. The molecule has 94 valence electrons. The number of benzene rings is 1. The summed E-state index contributed by atoms with van der Waals surface area (Å²) in [7, 11) is 0. The maximum absolute atomic E-state index is 13.6. The van der Waals surface area contributed by atoms with Gasteiger partial charge in [-0.3, -0.25) is 4.79 Å². The zero-order chi connectivity index (χ0) is 13.1. The molecule has 0 bridgehead atoms. The van der Waals surface area contributed by atoms with Crippen LogP contribution in [0.2, 0.25) is 0 Å². The Kier molecular flexibility index (Phi) is 4.30. The molecular formula is C14H12BrFOS. The number of carbonyl (C=O) groups excluding carboxylic acids is 1. The van der Waals surface area contributed by atoms with E-state index in [1.807, 2.05) is 12.1 Å². The molecule has 0 atom stereocenters. The van der Waals surface area contributed by atoms with E-state index in [0.717, 1.165) is 11.3 Å². The number of thiophene rings is 1. The van der Waals surface area contributed by atoms with Gasteiger partial charge in [0.05, 0.1) is 5.56 Å². The highest BCUT2D eigenvalue weighted by Crippen LogP contribution is 2.21. The molecule has 0 fully saturated rings. The van der Waals surface area contributed by atoms with Gasteiger partial charge in [-0.25, -0.2) is 4.39 Å². The molecule has 0 N–H and O–H groups in total. The Balaban J connectivity index is 2.16. The van der Waals surface area contributed by atoms with E-state index in [1.165, 1.54) is 17.0 Å². The number of carbonyl (C=O) groups is 1. The summed E-state index contributed by atoms with van der Waals surface area (Å²) in [6, 6.07) is 8.49. The van der Waals surface area contributed by atoms with Crippen molar-refractivity contribution < 1.29 is 9.18 Å². The lowest BCUT2D eigenvalue weighted by atomic mass is 10.1. The molecule has 1 heterocycles. The van der Waals surface area contributed by atoms with Gasteiger partial charge in [-0.05, 0) is 36.8 Å². The van der Waals surface area contributed by atoms with E-state index >= 15 is 0 Å². The smallest absolute Gasteiger partial charge is 0.170 e. The number of hydrogen-bond donors (Lipinski definition) is 0.